The van der Waals surface area contributed by atoms with E-state index in [0.29, 0.717) is 11.3 Å². The highest BCUT2D eigenvalue weighted by Gasteiger charge is 2.24. The average Bonchev–Trinajstić information content (AvgIpc) is 2.94. The summed E-state index contributed by atoms with van der Waals surface area (Å²) in [6, 6.07) is 5.36. The summed E-state index contributed by atoms with van der Waals surface area (Å²) in [5.41, 5.74) is 7.35. The summed E-state index contributed by atoms with van der Waals surface area (Å²) in [5, 5.41) is 2.91. The summed E-state index contributed by atoms with van der Waals surface area (Å²) in [5.74, 6) is -0.813. The lowest BCUT2D eigenvalue weighted by atomic mass is 10.1. The summed E-state index contributed by atoms with van der Waals surface area (Å²) < 4.78 is 5.21. The van der Waals surface area contributed by atoms with Crippen molar-refractivity contribution in [3.05, 3.63) is 29.3 Å². The first-order valence-electron chi connectivity index (χ1n) is 7.35. The number of amides is 1. The highest BCUT2D eigenvalue weighted by atomic mass is 16.5. The van der Waals surface area contributed by atoms with Crippen LogP contribution in [0, 0.1) is 6.92 Å². The average molecular weight is 290 g/mol. The number of nitrogens with two attached hydrogens (primary N) is 1. The topological polar surface area (TPSA) is 81.4 Å². The van der Waals surface area contributed by atoms with Crippen molar-refractivity contribution in [2.24, 2.45) is 0 Å². The number of carbonyl (C=O) groups excluding carboxylic acids is 2. The van der Waals surface area contributed by atoms with Gasteiger partial charge in [0.1, 0.15) is 0 Å². The van der Waals surface area contributed by atoms with Crippen molar-refractivity contribution in [1.82, 2.24) is 5.32 Å². The van der Waals surface area contributed by atoms with Gasteiger partial charge in [-0.3, -0.25) is 4.79 Å². The molecular formula is C16H22N2O3. The Morgan fingerprint density at radius 1 is 1.33 bits per heavy atom. The lowest BCUT2D eigenvalue weighted by Crippen LogP contribution is -2.40. The van der Waals surface area contributed by atoms with Crippen molar-refractivity contribution in [2.45, 2.75) is 51.7 Å². The number of hydrogen-bond acceptors (Lipinski definition) is 4. The molecule has 1 aromatic rings. The molecule has 0 aliphatic heterocycles. The third-order valence-corrected chi connectivity index (χ3v) is 3.78. The molecule has 1 fully saturated rings. The number of carbonyl (C=O) groups is 2. The number of rotatable bonds is 4. The van der Waals surface area contributed by atoms with Gasteiger partial charge in [-0.15, -0.1) is 0 Å². The Hall–Kier alpha value is -2.04. The molecule has 21 heavy (non-hydrogen) atoms. The maximum Gasteiger partial charge on any atom is 0.341 e. The monoisotopic (exact) mass is 290 g/mol. The van der Waals surface area contributed by atoms with Crippen LogP contribution in [0.15, 0.2) is 18.2 Å². The molecule has 5 nitrogen and oxygen atoms in total. The molecule has 0 bridgehead atoms. The van der Waals surface area contributed by atoms with Crippen molar-refractivity contribution in [3.8, 4) is 0 Å². The van der Waals surface area contributed by atoms with Gasteiger partial charge in [-0.1, -0.05) is 24.5 Å². The second kappa shape index (κ2) is 6.61. The van der Waals surface area contributed by atoms with E-state index in [1.54, 1.807) is 19.1 Å². The molecule has 0 radical (unpaired) electrons. The lowest BCUT2D eigenvalue weighted by Gasteiger charge is -2.17. The Morgan fingerprint density at radius 2 is 2.00 bits per heavy atom. The van der Waals surface area contributed by atoms with E-state index in [0.717, 1.165) is 31.2 Å². The van der Waals surface area contributed by atoms with E-state index in [9.17, 15) is 9.59 Å². The molecular weight excluding hydrogens is 268 g/mol. The molecule has 1 atom stereocenters. The summed E-state index contributed by atoms with van der Waals surface area (Å²) >= 11 is 0. The molecule has 1 saturated carbocycles. The van der Waals surface area contributed by atoms with Gasteiger partial charge in [0, 0.05) is 11.7 Å². The second-order valence-electron chi connectivity index (χ2n) is 5.63. The van der Waals surface area contributed by atoms with Gasteiger partial charge in [-0.2, -0.15) is 0 Å². The van der Waals surface area contributed by atoms with Gasteiger partial charge in [0.05, 0.1) is 5.56 Å². The highest BCUT2D eigenvalue weighted by Crippen LogP contribution is 2.18. The summed E-state index contributed by atoms with van der Waals surface area (Å²) in [6.07, 6.45) is 3.45. The molecule has 2 rings (SSSR count). The van der Waals surface area contributed by atoms with Crippen LogP contribution in [-0.4, -0.2) is 24.0 Å². The smallest absolute Gasteiger partial charge is 0.341 e. The number of hydrogen-bond donors (Lipinski definition) is 2. The molecule has 3 N–H and O–H groups in total. The SMILES string of the molecule is Cc1ccc(N)c(C(=O)OC(C)C(=O)NC2CCCC2)c1. The fourth-order valence-corrected chi connectivity index (χ4v) is 2.51. The maximum absolute atomic E-state index is 12.1. The van der Waals surface area contributed by atoms with Crippen molar-refractivity contribution in [3.63, 3.8) is 0 Å². The quantitative estimate of drug-likeness (QED) is 0.658. The van der Waals surface area contributed by atoms with Crippen molar-refractivity contribution >= 4 is 17.6 Å². The zero-order valence-corrected chi connectivity index (χ0v) is 12.5. The highest BCUT2D eigenvalue weighted by molar-refractivity contribution is 5.97. The van der Waals surface area contributed by atoms with E-state index in [1.807, 2.05) is 13.0 Å². The van der Waals surface area contributed by atoms with E-state index in [-0.39, 0.29) is 11.9 Å². The number of nitrogen functional groups attached to an aromatic ring is 1. The van der Waals surface area contributed by atoms with Crippen LogP contribution in [0.5, 0.6) is 0 Å². The normalized spacial score (nSPS) is 16.5. The third-order valence-electron chi connectivity index (χ3n) is 3.78. The number of nitrogens with one attached hydrogen (secondary N) is 1. The molecule has 1 aromatic carbocycles. The van der Waals surface area contributed by atoms with E-state index in [4.69, 9.17) is 10.5 Å². The first kappa shape index (κ1) is 15.4. The van der Waals surface area contributed by atoms with Crippen LogP contribution < -0.4 is 11.1 Å². The Bertz CT molecular complexity index is 536. The van der Waals surface area contributed by atoms with Crippen LogP contribution >= 0.6 is 0 Å². The fourth-order valence-electron chi connectivity index (χ4n) is 2.51. The largest absolute Gasteiger partial charge is 0.449 e. The van der Waals surface area contributed by atoms with Gasteiger partial charge in [0.2, 0.25) is 0 Å². The van der Waals surface area contributed by atoms with Crippen LogP contribution in [-0.2, 0) is 9.53 Å². The van der Waals surface area contributed by atoms with Gasteiger partial charge >= 0.3 is 5.97 Å². The van der Waals surface area contributed by atoms with Gasteiger partial charge in [0.25, 0.3) is 5.91 Å². The van der Waals surface area contributed by atoms with Crippen molar-refractivity contribution < 1.29 is 14.3 Å². The van der Waals surface area contributed by atoms with E-state index in [1.165, 1.54) is 0 Å². The minimum absolute atomic E-state index is 0.211. The second-order valence-corrected chi connectivity index (χ2v) is 5.63. The van der Waals surface area contributed by atoms with E-state index >= 15 is 0 Å². The predicted octanol–water partition coefficient (Wildman–Crippen LogP) is 2.18. The van der Waals surface area contributed by atoms with Crippen LogP contribution in [0.1, 0.15) is 48.5 Å². The van der Waals surface area contributed by atoms with Gasteiger partial charge in [-0.25, -0.2) is 4.79 Å². The molecule has 1 unspecified atom stereocenters. The molecule has 0 heterocycles. The zero-order chi connectivity index (χ0) is 15.4. The van der Waals surface area contributed by atoms with Gasteiger partial charge in [-0.05, 0) is 38.8 Å². The predicted molar refractivity (Wildman–Crippen MR) is 80.9 cm³/mol. The fraction of sp³-hybridized carbons (Fsp3) is 0.500. The van der Waals surface area contributed by atoms with Gasteiger partial charge in [0.15, 0.2) is 6.10 Å². The number of ether oxygens (including phenoxy) is 1. The van der Waals surface area contributed by atoms with E-state index < -0.39 is 12.1 Å². The Morgan fingerprint density at radius 3 is 2.67 bits per heavy atom. The molecule has 0 saturated heterocycles. The Labute approximate surface area is 124 Å². The molecule has 5 heteroatoms. The minimum Gasteiger partial charge on any atom is -0.449 e. The number of benzene rings is 1. The van der Waals surface area contributed by atoms with E-state index in [2.05, 4.69) is 5.32 Å². The first-order chi connectivity index (χ1) is 9.97. The molecule has 0 spiro atoms. The van der Waals surface area contributed by atoms with Crippen molar-refractivity contribution in [2.75, 3.05) is 5.73 Å². The standard InChI is InChI=1S/C16H22N2O3/c1-10-7-8-14(17)13(9-10)16(20)21-11(2)15(19)18-12-5-3-4-6-12/h7-9,11-12H,3-6,17H2,1-2H3,(H,18,19). The van der Waals surface area contributed by atoms with Crippen LogP contribution in [0.3, 0.4) is 0 Å². The van der Waals surface area contributed by atoms with Gasteiger partial charge < -0.3 is 15.8 Å². The summed E-state index contributed by atoms with van der Waals surface area (Å²) in [4.78, 5) is 24.1. The summed E-state index contributed by atoms with van der Waals surface area (Å²) in [6.45, 7) is 3.45. The third kappa shape index (κ3) is 3.97. The zero-order valence-electron chi connectivity index (χ0n) is 12.5. The number of anilines is 1. The minimum atomic E-state index is -0.821. The summed E-state index contributed by atoms with van der Waals surface area (Å²) in [7, 11) is 0. The van der Waals surface area contributed by atoms with Crippen LogP contribution in [0.2, 0.25) is 0 Å². The Balaban J connectivity index is 1.94. The molecule has 1 aliphatic rings. The molecule has 0 aromatic heterocycles. The number of aryl methyl sites for hydroxylation is 1. The lowest BCUT2D eigenvalue weighted by molar-refractivity contribution is -0.129. The first-order valence-corrected chi connectivity index (χ1v) is 7.35. The number of esters is 1. The molecule has 114 valence electrons. The Kier molecular flexibility index (Phi) is 4.83. The van der Waals surface area contributed by atoms with Crippen molar-refractivity contribution in [1.29, 1.82) is 0 Å². The maximum atomic E-state index is 12.1. The molecule has 1 amide bonds. The van der Waals surface area contributed by atoms with Crippen LogP contribution in [0.25, 0.3) is 0 Å². The molecule has 1 aliphatic carbocycles. The van der Waals surface area contributed by atoms with Crippen LogP contribution in [0.4, 0.5) is 5.69 Å².